The molecule has 1 aliphatic heterocycles. The summed E-state index contributed by atoms with van der Waals surface area (Å²) < 4.78 is 10.6. The summed E-state index contributed by atoms with van der Waals surface area (Å²) in [4.78, 5) is 26.6. The third-order valence-electron chi connectivity index (χ3n) is 4.74. The molecule has 6 heteroatoms. The summed E-state index contributed by atoms with van der Waals surface area (Å²) in [5.74, 6) is 1.18. The maximum absolute atomic E-state index is 12.6. The molecular formula is C22H26N2O4. The number of piperidine rings is 1. The lowest BCUT2D eigenvalue weighted by Gasteiger charge is -2.26. The molecule has 1 heterocycles. The third kappa shape index (κ3) is 5.49. The molecule has 2 amide bonds. The first kappa shape index (κ1) is 19.7. The van der Waals surface area contributed by atoms with Gasteiger partial charge in [-0.2, -0.15) is 0 Å². The summed E-state index contributed by atoms with van der Waals surface area (Å²) in [6, 6.07) is 14.5. The van der Waals surface area contributed by atoms with Gasteiger partial charge in [0.25, 0.3) is 11.8 Å². The highest BCUT2D eigenvalue weighted by Crippen LogP contribution is 2.17. The highest BCUT2D eigenvalue weighted by Gasteiger charge is 2.18. The summed E-state index contributed by atoms with van der Waals surface area (Å²) in [5.41, 5.74) is 1.56. The van der Waals surface area contributed by atoms with Crippen LogP contribution in [0.2, 0.25) is 0 Å². The average molecular weight is 382 g/mol. The topological polar surface area (TPSA) is 67.9 Å². The molecule has 0 aromatic heterocycles. The van der Waals surface area contributed by atoms with E-state index in [-0.39, 0.29) is 18.4 Å². The molecule has 0 saturated carbocycles. The van der Waals surface area contributed by atoms with Crippen LogP contribution in [0.3, 0.4) is 0 Å². The Bertz CT molecular complexity index is 798. The quantitative estimate of drug-likeness (QED) is 0.799. The SMILES string of the molecule is COc1ccc(OCC(=O)NCc2cccc(C(=O)N3CCCCC3)c2)cc1. The van der Waals surface area contributed by atoms with E-state index in [0.29, 0.717) is 17.9 Å². The second-order valence-corrected chi connectivity index (χ2v) is 6.79. The van der Waals surface area contributed by atoms with Crippen molar-refractivity contribution in [2.45, 2.75) is 25.8 Å². The summed E-state index contributed by atoms with van der Waals surface area (Å²) in [7, 11) is 1.60. The van der Waals surface area contributed by atoms with Crippen LogP contribution in [0.1, 0.15) is 35.2 Å². The van der Waals surface area contributed by atoms with Crippen molar-refractivity contribution < 1.29 is 19.1 Å². The van der Waals surface area contributed by atoms with Gasteiger partial charge in [0, 0.05) is 25.2 Å². The smallest absolute Gasteiger partial charge is 0.258 e. The second-order valence-electron chi connectivity index (χ2n) is 6.79. The van der Waals surface area contributed by atoms with Crippen LogP contribution in [0.25, 0.3) is 0 Å². The van der Waals surface area contributed by atoms with E-state index >= 15 is 0 Å². The van der Waals surface area contributed by atoms with Crippen LogP contribution in [0.4, 0.5) is 0 Å². The van der Waals surface area contributed by atoms with Gasteiger partial charge in [0.2, 0.25) is 0 Å². The Kier molecular flexibility index (Phi) is 6.89. The molecule has 0 unspecified atom stereocenters. The van der Waals surface area contributed by atoms with Crippen LogP contribution >= 0.6 is 0 Å². The van der Waals surface area contributed by atoms with Gasteiger partial charge in [-0.3, -0.25) is 9.59 Å². The largest absolute Gasteiger partial charge is 0.497 e. The van der Waals surface area contributed by atoms with E-state index in [1.807, 2.05) is 29.2 Å². The van der Waals surface area contributed by atoms with Crippen LogP contribution in [0.5, 0.6) is 11.5 Å². The monoisotopic (exact) mass is 382 g/mol. The Labute approximate surface area is 165 Å². The number of amides is 2. The number of nitrogens with zero attached hydrogens (tertiary/aromatic N) is 1. The van der Waals surface area contributed by atoms with Crippen molar-refractivity contribution in [3.05, 3.63) is 59.7 Å². The number of benzene rings is 2. The number of hydrogen-bond donors (Lipinski definition) is 1. The number of carbonyl (C=O) groups excluding carboxylic acids is 2. The minimum atomic E-state index is -0.219. The number of rotatable bonds is 7. The number of nitrogens with one attached hydrogen (secondary N) is 1. The highest BCUT2D eigenvalue weighted by atomic mass is 16.5. The van der Waals surface area contributed by atoms with Gasteiger partial charge in [0.1, 0.15) is 11.5 Å². The van der Waals surface area contributed by atoms with Crippen molar-refractivity contribution in [1.82, 2.24) is 10.2 Å². The molecule has 3 rings (SSSR count). The van der Waals surface area contributed by atoms with Crippen LogP contribution in [0, 0.1) is 0 Å². The predicted molar refractivity (Wildman–Crippen MR) is 107 cm³/mol. The Morgan fingerprint density at radius 3 is 2.43 bits per heavy atom. The number of methoxy groups -OCH3 is 1. The molecule has 6 nitrogen and oxygen atoms in total. The fourth-order valence-electron chi connectivity index (χ4n) is 3.17. The standard InChI is InChI=1S/C22H26N2O4/c1-27-19-8-10-20(11-9-19)28-16-21(25)23-15-17-6-5-7-18(14-17)22(26)24-12-3-2-4-13-24/h5-11,14H,2-4,12-13,15-16H2,1H3,(H,23,25). The number of ether oxygens (including phenoxy) is 2. The first-order valence-electron chi connectivity index (χ1n) is 9.57. The molecule has 148 valence electrons. The highest BCUT2D eigenvalue weighted by molar-refractivity contribution is 5.94. The summed E-state index contributed by atoms with van der Waals surface area (Å²) in [5, 5.41) is 2.82. The summed E-state index contributed by atoms with van der Waals surface area (Å²) >= 11 is 0. The van der Waals surface area contributed by atoms with Crippen LogP contribution in [0.15, 0.2) is 48.5 Å². The molecule has 0 spiro atoms. The average Bonchev–Trinajstić information content (AvgIpc) is 2.77. The lowest BCUT2D eigenvalue weighted by atomic mass is 10.1. The van der Waals surface area contributed by atoms with Crippen molar-refractivity contribution in [3.63, 3.8) is 0 Å². The molecule has 0 aliphatic carbocycles. The zero-order chi connectivity index (χ0) is 19.8. The molecule has 28 heavy (non-hydrogen) atoms. The summed E-state index contributed by atoms with van der Waals surface area (Å²) in [6.07, 6.45) is 3.32. The van der Waals surface area contributed by atoms with Gasteiger partial charge in [-0.05, 0) is 61.2 Å². The van der Waals surface area contributed by atoms with Crippen molar-refractivity contribution in [2.75, 3.05) is 26.8 Å². The third-order valence-corrected chi connectivity index (χ3v) is 4.74. The van der Waals surface area contributed by atoms with E-state index in [4.69, 9.17) is 9.47 Å². The Hall–Kier alpha value is -3.02. The van der Waals surface area contributed by atoms with E-state index in [9.17, 15) is 9.59 Å². The van der Waals surface area contributed by atoms with E-state index in [1.54, 1.807) is 31.4 Å². The minimum Gasteiger partial charge on any atom is -0.497 e. The van der Waals surface area contributed by atoms with Gasteiger partial charge in [-0.15, -0.1) is 0 Å². The zero-order valence-electron chi connectivity index (χ0n) is 16.1. The molecule has 1 aliphatic rings. The van der Waals surface area contributed by atoms with Crippen LogP contribution < -0.4 is 14.8 Å². The molecule has 0 atom stereocenters. The second kappa shape index (κ2) is 9.78. The fourth-order valence-corrected chi connectivity index (χ4v) is 3.17. The van der Waals surface area contributed by atoms with E-state index < -0.39 is 0 Å². The van der Waals surface area contributed by atoms with Crippen molar-refractivity contribution in [1.29, 1.82) is 0 Å². The molecule has 1 N–H and O–H groups in total. The van der Waals surface area contributed by atoms with E-state index in [2.05, 4.69) is 5.32 Å². The van der Waals surface area contributed by atoms with Gasteiger partial charge in [-0.25, -0.2) is 0 Å². The maximum Gasteiger partial charge on any atom is 0.258 e. The van der Waals surface area contributed by atoms with Gasteiger partial charge >= 0.3 is 0 Å². The Morgan fingerprint density at radius 2 is 1.71 bits per heavy atom. The Morgan fingerprint density at radius 1 is 1.00 bits per heavy atom. The molecule has 2 aromatic rings. The normalized spacial score (nSPS) is 13.7. The molecule has 0 radical (unpaired) electrons. The van der Waals surface area contributed by atoms with E-state index in [0.717, 1.165) is 37.2 Å². The molecular weight excluding hydrogens is 356 g/mol. The molecule has 0 bridgehead atoms. The van der Waals surface area contributed by atoms with Crippen LogP contribution in [-0.4, -0.2) is 43.5 Å². The first-order valence-corrected chi connectivity index (χ1v) is 9.57. The lowest BCUT2D eigenvalue weighted by Crippen LogP contribution is -2.35. The zero-order valence-corrected chi connectivity index (χ0v) is 16.1. The molecule has 1 fully saturated rings. The lowest BCUT2D eigenvalue weighted by molar-refractivity contribution is -0.123. The van der Waals surface area contributed by atoms with Gasteiger partial charge in [0.05, 0.1) is 7.11 Å². The molecule has 1 saturated heterocycles. The van der Waals surface area contributed by atoms with Gasteiger partial charge in [0.15, 0.2) is 6.61 Å². The van der Waals surface area contributed by atoms with Gasteiger partial charge < -0.3 is 19.7 Å². The maximum atomic E-state index is 12.6. The number of likely N-dealkylation sites (tertiary alicyclic amines) is 1. The minimum absolute atomic E-state index is 0.0655. The van der Waals surface area contributed by atoms with E-state index in [1.165, 1.54) is 6.42 Å². The fraction of sp³-hybridized carbons (Fsp3) is 0.364. The van der Waals surface area contributed by atoms with Crippen molar-refractivity contribution >= 4 is 11.8 Å². The number of hydrogen-bond acceptors (Lipinski definition) is 4. The van der Waals surface area contributed by atoms with Gasteiger partial charge in [-0.1, -0.05) is 12.1 Å². The first-order chi connectivity index (χ1) is 13.7. The van der Waals surface area contributed by atoms with Crippen molar-refractivity contribution in [3.8, 4) is 11.5 Å². The summed E-state index contributed by atoms with van der Waals surface area (Å²) in [6.45, 7) is 1.93. The Balaban J connectivity index is 1.48. The van der Waals surface area contributed by atoms with Crippen LogP contribution in [-0.2, 0) is 11.3 Å². The van der Waals surface area contributed by atoms with Crippen molar-refractivity contribution in [2.24, 2.45) is 0 Å². The molecule has 2 aromatic carbocycles. The number of carbonyl (C=O) groups is 2. The predicted octanol–water partition coefficient (Wildman–Crippen LogP) is 3.02.